The van der Waals surface area contributed by atoms with Gasteiger partial charge < -0.3 is 14.7 Å². The number of hydrogen-bond acceptors (Lipinski definition) is 3. The first kappa shape index (κ1) is 19.9. The van der Waals surface area contributed by atoms with Gasteiger partial charge in [0.25, 0.3) is 5.91 Å². The van der Waals surface area contributed by atoms with Gasteiger partial charge in [-0.25, -0.2) is 0 Å². The number of piperidine rings is 2. The molecule has 5 nitrogen and oxygen atoms in total. The van der Waals surface area contributed by atoms with Crippen molar-refractivity contribution in [2.24, 2.45) is 5.92 Å². The molecule has 1 aromatic rings. The van der Waals surface area contributed by atoms with Crippen LogP contribution in [-0.2, 0) is 4.79 Å². The lowest BCUT2D eigenvalue weighted by Gasteiger charge is -2.39. The molecule has 0 N–H and O–H groups in total. The standard InChI is InChI=1S/C22H33N3O2/c1-16-11-17(2)13-19(12-16)22(27)25-10-5-7-18(14-25)21(26)24(4)20-8-6-9-23(3)15-20/h11-13,18,20H,5-10,14-15H2,1-4H3/t18-,20+/m1/s1. The van der Waals surface area contributed by atoms with Crippen molar-refractivity contribution in [1.82, 2.24) is 14.7 Å². The predicted molar refractivity (Wildman–Crippen MR) is 108 cm³/mol. The zero-order valence-corrected chi connectivity index (χ0v) is 17.2. The van der Waals surface area contributed by atoms with Crippen molar-refractivity contribution in [1.29, 1.82) is 0 Å². The summed E-state index contributed by atoms with van der Waals surface area (Å²) in [4.78, 5) is 32.2. The van der Waals surface area contributed by atoms with E-state index in [0.29, 0.717) is 12.6 Å². The Bertz CT molecular complexity index is 683. The van der Waals surface area contributed by atoms with Gasteiger partial charge in [-0.1, -0.05) is 17.2 Å². The van der Waals surface area contributed by atoms with Crippen molar-refractivity contribution in [3.8, 4) is 0 Å². The second kappa shape index (κ2) is 8.42. The first-order valence-corrected chi connectivity index (χ1v) is 10.2. The van der Waals surface area contributed by atoms with Crippen LogP contribution in [0, 0.1) is 19.8 Å². The SMILES string of the molecule is Cc1cc(C)cc(C(=O)N2CCC[C@@H](C(=O)N(C)[C@H]3CCCN(C)C3)C2)c1. The third kappa shape index (κ3) is 4.70. The van der Waals surface area contributed by atoms with E-state index in [2.05, 4.69) is 18.0 Å². The molecule has 2 atom stereocenters. The third-order valence-electron chi connectivity index (χ3n) is 6.02. The van der Waals surface area contributed by atoms with Gasteiger partial charge in [0.15, 0.2) is 0 Å². The third-order valence-corrected chi connectivity index (χ3v) is 6.02. The minimum atomic E-state index is -0.0779. The molecule has 0 unspecified atom stereocenters. The van der Waals surface area contributed by atoms with Gasteiger partial charge in [-0.2, -0.15) is 0 Å². The van der Waals surface area contributed by atoms with Crippen LogP contribution < -0.4 is 0 Å². The molecular formula is C22H33N3O2. The fourth-order valence-corrected chi connectivity index (χ4v) is 4.57. The lowest BCUT2D eigenvalue weighted by atomic mass is 9.94. The number of likely N-dealkylation sites (tertiary alicyclic amines) is 2. The molecule has 2 fully saturated rings. The molecule has 2 saturated heterocycles. The molecule has 2 aliphatic rings. The lowest BCUT2D eigenvalue weighted by Crippen LogP contribution is -2.52. The Morgan fingerprint density at radius 2 is 1.67 bits per heavy atom. The van der Waals surface area contributed by atoms with E-state index in [1.54, 1.807) is 0 Å². The van der Waals surface area contributed by atoms with Crippen molar-refractivity contribution in [2.75, 3.05) is 40.3 Å². The molecule has 3 rings (SSSR count). The van der Waals surface area contributed by atoms with Crippen molar-refractivity contribution < 1.29 is 9.59 Å². The van der Waals surface area contributed by atoms with E-state index in [4.69, 9.17) is 0 Å². The summed E-state index contributed by atoms with van der Waals surface area (Å²) in [6.45, 7) is 7.37. The van der Waals surface area contributed by atoms with Gasteiger partial charge in [0.05, 0.1) is 5.92 Å². The first-order chi connectivity index (χ1) is 12.8. The van der Waals surface area contributed by atoms with E-state index in [1.165, 1.54) is 0 Å². The number of amides is 2. The number of hydrogen-bond donors (Lipinski definition) is 0. The Morgan fingerprint density at radius 3 is 2.33 bits per heavy atom. The number of nitrogens with zero attached hydrogens (tertiary/aromatic N) is 3. The quantitative estimate of drug-likeness (QED) is 0.821. The van der Waals surface area contributed by atoms with Crippen LogP contribution in [0.25, 0.3) is 0 Å². The second-order valence-electron chi connectivity index (χ2n) is 8.47. The number of likely N-dealkylation sites (N-methyl/N-ethyl adjacent to an activating group) is 2. The molecule has 27 heavy (non-hydrogen) atoms. The van der Waals surface area contributed by atoms with Crippen LogP contribution in [0.5, 0.6) is 0 Å². The Hall–Kier alpha value is -1.88. The average Bonchev–Trinajstić information content (AvgIpc) is 2.65. The van der Waals surface area contributed by atoms with Gasteiger partial charge in [-0.3, -0.25) is 9.59 Å². The lowest BCUT2D eigenvalue weighted by molar-refractivity contribution is -0.138. The molecule has 2 heterocycles. The van der Waals surface area contributed by atoms with Gasteiger partial charge in [0, 0.05) is 38.3 Å². The summed E-state index contributed by atoms with van der Waals surface area (Å²) in [6, 6.07) is 6.27. The number of benzene rings is 1. The van der Waals surface area contributed by atoms with E-state index in [-0.39, 0.29) is 17.7 Å². The minimum Gasteiger partial charge on any atom is -0.341 e. The van der Waals surface area contributed by atoms with Crippen molar-refractivity contribution >= 4 is 11.8 Å². The van der Waals surface area contributed by atoms with Gasteiger partial charge in [-0.15, -0.1) is 0 Å². The molecule has 0 bridgehead atoms. The maximum absolute atomic E-state index is 13.1. The molecular weight excluding hydrogens is 338 g/mol. The highest BCUT2D eigenvalue weighted by atomic mass is 16.2. The molecule has 2 amide bonds. The van der Waals surface area contributed by atoms with Crippen LogP contribution >= 0.6 is 0 Å². The summed E-state index contributed by atoms with van der Waals surface area (Å²) in [6.07, 6.45) is 3.99. The zero-order valence-electron chi connectivity index (χ0n) is 17.2. The van der Waals surface area contributed by atoms with Crippen LogP contribution in [0.3, 0.4) is 0 Å². The Morgan fingerprint density at radius 1 is 1.00 bits per heavy atom. The maximum atomic E-state index is 13.1. The van der Waals surface area contributed by atoms with Gasteiger partial charge >= 0.3 is 0 Å². The van der Waals surface area contributed by atoms with E-state index in [1.807, 2.05) is 42.8 Å². The fraction of sp³-hybridized carbons (Fsp3) is 0.636. The largest absolute Gasteiger partial charge is 0.341 e. The van der Waals surface area contributed by atoms with Gasteiger partial charge in [-0.05, 0) is 65.3 Å². The summed E-state index contributed by atoms with van der Waals surface area (Å²) >= 11 is 0. The van der Waals surface area contributed by atoms with Gasteiger partial charge in [0.2, 0.25) is 5.91 Å². The predicted octanol–water partition coefficient (Wildman–Crippen LogP) is 2.71. The highest BCUT2D eigenvalue weighted by Gasteiger charge is 2.33. The number of aryl methyl sites for hydroxylation is 2. The highest BCUT2D eigenvalue weighted by molar-refractivity contribution is 5.95. The monoisotopic (exact) mass is 371 g/mol. The maximum Gasteiger partial charge on any atom is 0.253 e. The van der Waals surface area contributed by atoms with Crippen molar-refractivity contribution in [3.63, 3.8) is 0 Å². The van der Waals surface area contributed by atoms with E-state index >= 15 is 0 Å². The topological polar surface area (TPSA) is 43.9 Å². The molecule has 1 aromatic carbocycles. The first-order valence-electron chi connectivity index (χ1n) is 10.2. The molecule has 0 spiro atoms. The van der Waals surface area contributed by atoms with Crippen molar-refractivity contribution in [3.05, 3.63) is 34.9 Å². The summed E-state index contributed by atoms with van der Waals surface area (Å²) in [7, 11) is 4.06. The average molecular weight is 372 g/mol. The number of rotatable bonds is 3. The smallest absolute Gasteiger partial charge is 0.253 e. The van der Waals surface area contributed by atoms with Crippen LogP contribution in [0.15, 0.2) is 18.2 Å². The highest BCUT2D eigenvalue weighted by Crippen LogP contribution is 2.23. The number of carbonyl (C=O) groups excluding carboxylic acids is 2. The Labute approximate surface area is 163 Å². The molecule has 2 aliphatic heterocycles. The van der Waals surface area contributed by atoms with Gasteiger partial charge in [0.1, 0.15) is 0 Å². The van der Waals surface area contributed by atoms with E-state index < -0.39 is 0 Å². The normalized spacial score (nSPS) is 23.9. The summed E-state index contributed by atoms with van der Waals surface area (Å²) in [5.74, 6) is 0.179. The summed E-state index contributed by atoms with van der Waals surface area (Å²) < 4.78 is 0. The Balaban J connectivity index is 1.66. The van der Waals surface area contributed by atoms with E-state index in [9.17, 15) is 9.59 Å². The van der Waals surface area contributed by atoms with E-state index in [0.717, 1.165) is 62.0 Å². The van der Waals surface area contributed by atoms with Crippen LogP contribution in [-0.4, -0.2) is 72.8 Å². The zero-order chi connectivity index (χ0) is 19.6. The van der Waals surface area contributed by atoms with Crippen LogP contribution in [0.1, 0.15) is 47.2 Å². The molecule has 148 valence electrons. The Kier molecular flexibility index (Phi) is 6.20. The molecule has 0 aromatic heterocycles. The molecule has 0 aliphatic carbocycles. The molecule has 0 saturated carbocycles. The summed E-state index contributed by atoms with van der Waals surface area (Å²) in [5.41, 5.74) is 2.94. The molecule has 0 radical (unpaired) electrons. The fourth-order valence-electron chi connectivity index (χ4n) is 4.57. The van der Waals surface area contributed by atoms with Crippen LogP contribution in [0.2, 0.25) is 0 Å². The van der Waals surface area contributed by atoms with Crippen molar-refractivity contribution in [2.45, 2.75) is 45.6 Å². The minimum absolute atomic E-state index is 0.0550. The van der Waals surface area contributed by atoms with Crippen LogP contribution in [0.4, 0.5) is 0 Å². The summed E-state index contributed by atoms with van der Waals surface area (Å²) in [5, 5.41) is 0. The second-order valence-corrected chi connectivity index (χ2v) is 8.47. The molecule has 5 heteroatoms. The number of carbonyl (C=O) groups is 2.